The van der Waals surface area contributed by atoms with Gasteiger partial charge in [-0.15, -0.1) is 0 Å². The number of piperidine rings is 1. The number of carbonyl (C=O) groups excluding carboxylic acids is 1. The van der Waals surface area contributed by atoms with Gasteiger partial charge in [0.1, 0.15) is 0 Å². The second-order valence-corrected chi connectivity index (χ2v) is 4.93. The molecule has 1 amide bonds. The van der Waals surface area contributed by atoms with E-state index >= 15 is 0 Å². The smallest absolute Gasteiger partial charge is 0.223 e. The van der Waals surface area contributed by atoms with E-state index in [4.69, 9.17) is 5.73 Å². The lowest BCUT2D eigenvalue weighted by Crippen LogP contribution is -2.50. The van der Waals surface area contributed by atoms with Gasteiger partial charge in [0.05, 0.1) is 11.7 Å². The average Bonchev–Trinajstić information content (AvgIpc) is 3.17. The normalized spacial score (nSPS) is 29.5. The lowest BCUT2D eigenvalue weighted by molar-refractivity contribution is -0.138. The number of rotatable bonds is 2. The molecular weight excluding hydrogens is 214 g/mol. The van der Waals surface area contributed by atoms with E-state index in [1.54, 1.807) is 6.20 Å². The molecule has 17 heavy (non-hydrogen) atoms. The van der Waals surface area contributed by atoms with E-state index in [0.717, 1.165) is 25.0 Å². The Morgan fingerprint density at radius 3 is 2.76 bits per heavy atom. The van der Waals surface area contributed by atoms with E-state index in [2.05, 4.69) is 4.98 Å². The van der Waals surface area contributed by atoms with Gasteiger partial charge in [0.15, 0.2) is 0 Å². The van der Waals surface area contributed by atoms with Gasteiger partial charge in [0.2, 0.25) is 5.91 Å². The third-order valence-corrected chi connectivity index (χ3v) is 3.62. The molecule has 0 spiro atoms. The summed E-state index contributed by atoms with van der Waals surface area (Å²) in [7, 11) is 0. The van der Waals surface area contributed by atoms with E-state index in [9.17, 15) is 4.79 Å². The number of amides is 1. The topological polar surface area (TPSA) is 59.2 Å². The first kappa shape index (κ1) is 10.7. The van der Waals surface area contributed by atoms with Crippen LogP contribution in [0.4, 0.5) is 0 Å². The molecule has 3 rings (SSSR count). The average molecular weight is 231 g/mol. The Balaban J connectivity index is 1.94. The molecule has 0 aromatic carbocycles. The Labute approximate surface area is 101 Å². The number of hydrogen-bond acceptors (Lipinski definition) is 3. The maximum absolute atomic E-state index is 12.0. The third kappa shape index (κ3) is 1.93. The molecule has 90 valence electrons. The van der Waals surface area contributed by atoms with E-state index < -0.39 is 0 Å². The van der Waals surface area contributed by atoms with Gasteiger partial charge in [0.25, 0.3) is 0 Å². The van der Waals surface area contributed by atoms with Crippen molar-refractivity contribution >= 4 is 5.91 Å². The van der Waals surface area contributed by atoms with Crippen LogP contribution in [0.1, 0.15) is 37.4 Å². The highest BCUT2D eigenvalue weighted by Crippen LogP contribution is 2.39. The molecule has 1 aromatic rings. The highest BCUT2D eigenvalue weighted by molar-refractivity contribution is 5.78. The maximum Gasteiger partial charge on any atom is 0.223 e. The van der Waals surface area contributed by atoms with Gasteiger partial charge in [-0.1, -0.05) is 6.07 Å². The summed E-state index contributed by atoms with van der Waals surface area (Å²) in [6.07, 6.45) is 5.35. The summed E-state index contributed by atoms with van der Waals surface area (Å²) in [5.41, 5.74) is 7.13. The first-order chi connectivity index (χ1) is 8.27. The zero-order chi connectivity index (χ0) is 11.8. The molecular formula is C13H17N3O. The number of nitrogens with zero attached hydrogens (tertiary/aromatic N) is 2. The van der Waals surface area contributed by atoms with Crippen molar-refractivity contribution in [1.29, 1.82) is 0 Å². The van der Waals surface area contributed by atoms with Crippen LogP contribution in [0.3, 0.4) is 0 Å². The molecule has 4 heteroatoms. The van der Waals surface area contributed by atoms with Gasteiger partial charge in [-0.2, -0.15) is 0 Å². The third-order valence-electron chi connectivity index (χ3n) is 3.62. The molecule has 1 aliphatic heterocycles. The standard InChI is InChI=1S/C13H17N3O/c14-10-6-7-12(17)16(9-4-5-9)13(10)11-3-1-2-8-15-11/h1-3,8-10,13H,4-7,14H2. The maximum atomic E-state index is 12.0. The second kappa shape index (κ2) is 4.11. The molecule has 1 aliphatic carbocycles. The fourth-order valence-corrected chi connectivity index (χ4v) is 2.63. The van der Waals surface area contributed by atoms with Gasteiger partial charge in [-0.05, 0) is 31.4 Å². The van der Waals surface area contributed by atoms with Gasteiger partial charge >= 0.3 is 0 Å². The quantitative estimate of drug-likeness (QED) is 0.833. The summed E-state index contributed by atoms with van der Waals surface area (Å²) in [5.74, 6) is 0.241. The summed E-state index contributed by atoms with van der Waals surface area (Å²) < 4.78 is 0. The van der Waals surface area contributed by atoms with Crippen LogP contribution in [0.2, 0.25) is 0 Å². The summed E-state index contributed by atoms with van der Waals surface area (Å²) in [4.78, 5) is 18.4. The first-order valence-electron chi connectivity index (χ1n) is 6.25. The molecule has 1 aromatic heterocycles. The number of nitrogens with two attached hydrogens (primary N) is 1. The molecule has 2 atom stereocenters. The predicted molar refractivity (Wildman–Crippen MR) is 64.1 cm³/mol. The van der Waals surface area contributed by atoms with Crippen molar-refractivity contribution < 1.29 is 4.79 Å². The summed E-state index contributed by atoms with van der Waals surface area (Å²) in [6, 6.07) is 6.22. The molecule has 1 saturated heterocycles. The Hall–Kier alpha value is -1.42. The van der Waals surface area contributed by atoms with Crippen LogP contribution in [-0.4, -0.2) is 27.9 Å². The van der Waals surface area contributed by atoms with Crippen LogP contribution in [0.25, 0.3) is 0 Å². The minimum atomic E-state index is -0.0232. The molecule has 1 saturated carbocycles. The molecule has 2 fully saturated rings. The Morgan fingerprint density at radius 1 is 1.29 bits per heavy atom. The largest absolute Gasteiger partial charge is 0.330 e. The number of pyridine rings is 1. The fraction of sp³-hybridized carbons (Fsp3) is 0.538. The van der Waals surface area contributed by atoms with Crippen LogP contribution in [0.5, 0.6) is 0 Å². The van der Waals surface area contributed by atoms with Crippen LogP contribution >= 0.6 is 0 Å². The van der Waals surface area contributed by atoms with Gasteiger partial charge in [0, 0.05) is 24.7 Å². The van der Waals surface area contributed by atoms with Crippen LogP contribution < -0.4 is 5.73 Å². The van der Waals surface area contributed by atoms with E-state index in [0.29, 0.717) is 12.5 Å². The lowest BCUT2D eigenvalue weighted by atomic mass is 9.93. The van der Waals surface area contributed by atoms with E-state index in [1.165, 1.54) is 0 Å². The minimum absolute atomic E-state index is 0.0169. The Bertz CT molecular complexity index is 416. The van der Waals surface area contributed by atoms with Crippen molar-refractivity contribution in [3.8, 4) is 0 Å². The molecule has 2 N–H and O–H groups in total. The molecule has 2 aliphatic rings. The number of likely N-dealkylation sites (tertiary alicyclic amines) is 1. The van der Waals surface area contributed by atoms with Crippen LogP contribution in [0, 0.1) is 0 Å². The molecule has 4 nitrogen and oxygen atoms in total. The number of carbonyl (C=O) groups is 1. The highest BCUT2D eigenvalue weighted by Gasteiger charge is 2.43. The van der Waals surface area contributed by atoms with Crippen molar-refractivity contribution in [3.63, 3.8) is 0 Å². The van der Waals surface area contributed by atoms with E-state index in [-0.39, 0.29) is 18.0 Å². The zero-order valence-electron chi connectivity index (χ0n) is 9.75. The molecule has 0 radical (unpaired) electrons. The van der Waals surface area contributed by atoms with Crippen LogP contribution in [0.15, 0.2) is 24.4 Å². The summed E-state index contributed by atoms with van der Waals surface area (Å²) in [5, 5.41) is 0. The molecule has 0 bridgehead atoms. The fourth-order valence-electron chi connectivity index (χ4n) is 2.63. The van der Waals surface area contributed by atoms with Crippen molar-refractivity contribution in [2.45, 2.75) is 43.8 Å². The highest BCUT2D eigenvalue weighted by atomic mass is 16.2. The van der Waals surface area contributed by atoms with Crippen molar-refractivity contribution in [1.82, 2.24) is 9.88 Å². The van der Waals surface area contributed by atoms with Gasteiger partial charge < -0.3 is 10.6 Å². The number of hydrogen-bond donors (Lipinski definition) is 1. The SMILES string of the molecule is NC1CCC(=O)N(C2CC2)C1c1ccccn1. The summed E-state index contributed by atoms with van der Waals surface area (Å²) in [6.45, 7) is 0. The first-order valence-corrected chi connectivity index (χ1v) is 6.25. The molecule has 2 heterocycles. The monoisotopic (exact) mass is 231 g/mol. The lowest BCUT2D eigenvalue weighted by Gasteiger charge is -2.39. The van der Waals surface area contributed by atoms with Gasteiger partial charge in [-0.25, -0.2) is 0 Å². The Morgan fingerprint density at radius 2 is 2.12 bits per heavy atom. The summed E-state index contributed by atoms with van der Waals surface area (Å²) >= 11 is 0. The van der Waals surface area contributed by atoms with Crippen molar-refractivity contribution in [3.05, 3.63) is 30.1 Å². The van der Waals surface area contributed by atoms with Crippen molar-refractivity contribution in [2.75, 3.05) is 0 Å². The Kier molecular flexibility index (Phi) is 2.59. The zero-order valence-corrected chi connectivity index (χ0v) is 9.75. The van der Waals surface area contributed by atoms with E-state index in [1.807, 2.05) is 23.1 Å². The van der Waals surface area contributed by atoms with Crippen LogP contribution in [-0.2, 0) is 4.79 Å². The van der Waals surface area contributed by atoms with Gasteiger partial charge in [-0.3, -0.25) is 9.78 Å². The number of aromatic nitrogens is 1. The second-order valence-electron chi connectivity index (χ2n) is 4.93. The minimum Gasteiger partial charge on any atom is -0.330 e. The van der Waals surface area contributed by atoms with Crippen molar-refractivity contribution in [2.24, 2.45) is 5.73 Å². The molecule has 2 unspecified atom stereocenters. The predicted octanol–water partition coefficient (Wildman–Crippen LogP) is 1.23.